The van der Waals surface area contributed by atoms with E-state index in [1.165, 1.54) is 20.1 Å². The normalized spacial score (nSPS) is 33.1. The fourth-order valence-corrected chi connectivity index (χ4v) is 3.08. The number of esters is 1. The average molecular weight is 338 g/mol. The van der Waals surface area contributed by atoms with Crippen LogP contribution < -0.4 is 0 Å². The van der Waals surface area contributed by atoms with E-state index in [9.17, 15) is 9.59 Å². The van der Waals surface area contributed by atoms with Gasteiger partial charge < -0.3 is 4.74 Å². The van der Waals surface area contributed by atoms with Crippen LogP contribution in [0.25, 0.3) is 0 Å². The molecule has 0 radical (unpaired) electrons. The highest BCUT2D eigenvalue weighted by molar-refractivity contribution is 9.09. The Labute approximate surface area is 121 Å². The van der Waals surface area contributed by atoms with Crippen LogP contribution in [-0.4, -0.2) is 28.6 Å². The van der Waals surface area contributed by atoms with E-state index in [2.05, 4.69) is 20.7 Å². The topological polar surface area (TPSA) is 43.4 Å². The summed E-state index contributed by atoms with van der Waals surface area (Å²) in [6.45, 7) is 3.47. The van der Waals surface area contributed by atoms with Gasteiger partial charge in [-0.3, -0.25) is 4.79 Å². The number of alkyl halides is 2. The number of halogens is 2. The molecule has 0 N–H and O–H groups in total. The summed E-state index contributed by atoms with van der Waals surface area (Å²) in [7, 11) is 1.31. The van der Waals surface area contributed by atoms with E-state index >= 15 is 0 Å². The Morgan fingerprint density at radius 1 is 1.50 bits per heavy atom. The summed E-state index contributed by atoms with van der Waals surface area (Å²) < 4.78 is 4.58. The number of carbonyl (C=O) groups is 2. The highest BCUT2D eigenvalue weighted by Crippen LogP contribution is 2.43. The van der Waals surface area contributed by atoms with Gasteiger partial charge in [0.15, 0.2) is 5.78 Å². The van der Waals surface area contributed by atoms with Gasteiger partial charge in [-0.05, 0) is 39.0 Å². The van der Waals surface area contributed by atoms with E-state index in [0.29, 0.717) is 5.57 Å². The maximum atomic E-state index is 11.6. The first-order valence-electron chi connectivity index (χ1n) is 5.91. The molecule has 3 unspecified atom stereocenters. The summed E-state index contributed by atoms with van der Waals surface area (Å²) in [5.41, 5.74) is 0.540. The number of Topliss-reactive ketones (excluding diaryl/α,β-unsaturated/α-hetero) is 1. The Hall–Kier alpha value is -0.350. The highest BCUT2D eigenvalue weighted by Gasteiger charge is 2.38. The zero-order valence-corrected chi connectivity index (χ0v) is 13.2. The van der Waals surface area contributed by atoms with Crippen LogP contribution in [0, 0.1) is 5.92 Å². The summed E-state index contributed by atoms with van der Waals surface area (Å²) in [4.78, 5) is 22.8. The van der Waals surface area contributed by atoms with Crippen molar-refractivity contribution >= 4 is 39.3 Å². The first kappa shape index (κ1) is 15.7. The summed E-state index contributed by atoms with van der Waals surface area (Å²) in [6.07, 6.45) is 3.68. The molecule has 1 saturated carbocycles. The fraction of sp³-hybridized carbons (Fsp3) is 0.692. The van der Waals surface area contributed by atoms with E-state index < -0.39 is 5.97 Å². The number of methoxy groups -OCH3 is 1. The first-order valence-corrected chi connectivity index (χ1v) is 7.20. The van der Waals surface area contributed by atoms with Crippen LogP contribution in [0.15, 0.2) is 11.6 Å². The number of allylic oxidation sites excluding steroid dienone is 1. The van der Waals surface area contributed by atoms with Crippen LogP contribution in [0.5, 0.6) is 0 Å². The number of hydrogen-bond acceptors (Lipinski definition) is 3. The monoisotopic (exact) mass is 336 g/mol. The lowest BCUT2D eigenvalue weighted by Crippen LogP contribution is -2.37. The molecule has 1 rings (SSSR count). The maximum absolute atomic E-state index is 11.6. The van der Waals surface area contributed by atoms with Crippen LogP contribution in [0.4, 0.5) is 0 Å². The quantitative estimate of drug-likeness (QED) is 0.451. The van der Waals surface area contributed by atoms with Gasteiger partial charge in [0.05, 0.1) is 12.0 Å². The molecular formula is C13H18BrClO3. The zero-order valence-electron chi connectivity index (χ0n) is 10.8. The smallest absolute Gasteiger partial charge is 0.330 e. The van der Waals surface area contributed by atoms with Crippen molar-refractivity contribution in [2.45, 2.75) is 42.8 Å². The van der Waals surface area contributed by atoms with Gasteiger partial charge in [0.25, 0.3) is 0 Å². The Balaban J connectivity index is 2.87. The molecular weight excluding hydrogens is 319 g/mol. The van der Waals surface area contributed by atoms with Crippen molar-refractivity contribution in [3.05, 3.63) is 11.6 Å². The maximum Gasteiger partial charge on any atom is 0.330 e. The number of rotatable bonds is 3. The zero-order chi connectivity index (χ0) is 13.9. The summed E-state index contributed by atoms with van der Waals surface area (Å²) in [6, 6.07) is 0. The van der Waals surface area contributed by atoms with Crippen LogP contribution in [0.1, 0.15) is 33.1 Å². The molecule has 0 aromatic carbocycles. The molecule has 0 spiro atoms. The van der Waals surface area contributed by atoms with Crippen molar-refractivity contribution in [3.8, 4) is 0 Å². The molecule has 1 fully saturated rings. The van der Waals surface area contributed by atoms with Gasteiger partial charge in [-0.15, -0.1) is 11.6 Å². The second-order valence-corrected chi connectivity index (χ2v) is 6.86. The Morgan fingerprint density at radius 3 is 2.56 bits per heavy atom. The lowest BCUT2D eigenvalue weighted by Gasteiger charge is -2.37. The third-order valence-corrected chi connectivity index (χ3v) is 5.55. The Morgan fingerprint density at radius 2 is 2.11 bits per heavy atom. The fourth-order valence-electron chi connectivity index (χ4n) is 2.20. The molecule has 0 bridgehead atoms. The molecule has 3 atom stereocenters. The minimum atomic E-state index is -0.481. The van der Waals surface area contributed by atoms with Gasteiger partial charge in [0.2, 0.25) is 0 Å². The molecule has 18 heavy (non-hydrogen) atoms. The number of ketones is 1. The summed E-state index contributed by atoms with van der Waals surface area (Å²) in [5, 5.41) is 0. The first-order chi connectivity index (χ1) is 8.27. The molecule has 1 aliphatic rings. The van der Waals surface area contributed by atoms with Gasteiger partial charge >= 0.3 is 5.97 Å². The molecule has 0 amide bonds. The molecule has 0 aliphatic heterocycles. The van der Waals surface area contributed by atoms with Crippen LogP contribution in [-0.2, 0) is 14.3 Å². The Kier molecular flexibility index (Phi) is 5.41. The van der Waals surface area contributed by atoms with Crippen LogP contribution in [0.3, 0.4) is 0 Å². The van der Waals surface area contributed by atoms with E-state index in [1.807, 2.05) is 6.92 Å². The molecule has 1 aliphatic carbocycles. The minimum absolute atomic E-state index is 0.0674. The number of ether oxygens (including phenoxy) is 1. The van der Waals surface area contributed by atoms with Crippen LogP contribution in [0.2, 0.25) is 0 Å². The van der Waals surface area contributed by atoms with Gasteiger partial charge in [-0.2, -0.15) is 0 Å². The summed E-state index contributed by atoms with van der Waals surface area (Å²) in [5.74, 6) is -0.494. The standard InChI is InChI=1S/C13H18BrClO3/c1-8(16)10(7-12(17)18-3)9-4-5-13(2,15)11(14)6-9/h7,9,11H,4-6H2,1-3H3/b10-7+. The van der Waals surface area contributed by atoms with Gasteiger partial charge in [-0.25, -0.2) is 4.79 Å². The predicted molar refractivity (Wildman–Crippen MR) is 75.1 cm³/mol. The average Bonchev–Trinajstić information content (AvgIpc) is 2.29. The number of hydrogen-bond donors (Lipinski definition) is 0. The van der Waals surface area contributed by atoms with Crippen molar-refractivity contribution in [2.75, 3.05) is 7.11 Å². The van der Waals surface area contributed by atoms with E-state index in [0.717, 1.165) is 19.3 Å². The van der Waals surface area contributed by atoms with Gasteiger partial charge in [0.1, 0.15) is 0 Å². The largest absolute Gasteiger partial charge is 0.466 e. The molecule has 0 saturated heterocycles. The van der Waals surface area contributed by atoms with Crippen molar-refractivity contribution in [3.63, 3.8) is 0 Å². The van der Waals surface area contributed by atoms with E-state index in [-0.39, 0.29) is 21.4 Å². The molecule has 102 valence electrons. The van der Waals surface area contributed by atoms with Crippen molar-refractivity contribution in [1.29, 1.82) is 0 Å². The second kappa shape index (κ2) is 6.20. The molecule has 3 nitrogen and oxygen atoms in total. The minimum Gasteiger partial charge on any atom is -0.466 e. The molecule has 0 aromatic heterocycles. The van der Waals surface area contributed by atoms with Crippen LogP contribution >= 0.6 is 27.5 Å². The molecule has 0 heterocycles. The van der Waals surface area contributed by atoms with Crippen molar-refractivity contribution in [2.24, 2.45) is 5.92 Å². The predicted octanol–water partition coefficient (Wildman–Crippen LogP) is 3.24. The van der Waals surface area contributed by atoms with Gasteiger partial charge in [0, 0.05) is 16.5 Å². The third-order valence-electron chi connectivity index (χ3n) is 3.45. The molecule has 5 heteroatoms. The highest BCUT2D eigenvalue weighted by atomic mass is 79.9. The third kappa shape index (κ3) is 3.82. The van der Waals surface area contributed by atoms with Crippen molar-refractivity contribution < 1.29 is 14.3 Å². The number of carbonyl (C=O) groups excluding carboxylic acids is 2. The summed E-state index contributed by atoms with van der Waals surface area (Å²) >= 11 is 9.93. The lowest BCUT2D eigenvalue weighted by molar-refractivity contribution is -0.135. The Bertz CT molecular complexity index is 376. The lowest BCUT2D eigenvalue weighted by atomic mass is 9.77. The SMILES string of the molecule is COC(=O)/C=C(\C(C)=O)C1CCC(C)(Cl)C(Br)C1. The van der Waals surface area contributed by atoms with Gasteiger partial charge in [-0.1, -0.05) is 15.9 Å². The van der Waals surface area contributed by atoms with E-state index in [1.54, 1.807) is 0 Å². The van der Waals surface area contributed by atoms with Crippen molar-refractivity contribution in [1.82, 2.24) is 0 Å². The van der Waals surface area contributed by atoms with E-state index in [4.69, 9.17) is 11.6 Å². The second-order valence-electron chi connectivity index (χ2n) is 4.90. The molecule has 0 aromatic rings.